The number of hydrogen-bond acceptors (Lipinski definition) is 5. The number of carbonyl (C=O) groups excluding carboxylic acids is 1. The Bertz CT molecular complexity index is 486. The van der Waals surface area contributed by atoms with E-state index in [4.69, 9.17) is 14.7 Å². The molecular weight excluding hydrogens is 248 g/mol. The molecule has 0 aromatic heterocycles. The average molecular weight is 266 g/mol. The van der Waals surface area contributed by atoms with Crippen LogP contribution in [0.25, 0.3) is 0 Å². The summed E-state index contributed by atoms with van der Waals surface area (Å²) in [6, 6.07) is 5.08. The fourth-order valence-corrected chi connectivity index (χ4v) is 1.49. The van der Waals surface area contributed by atoms with Crippen molar-refractivity contribution in [1.82, 2.24) is 5.32 Å². The molecule has 1 unspecified atom stereocenters. The van der Waals surface area contributed by atoms with Crippen molar-refractivity contribution in [3.63, 3.8) is 0 Å². The van der Waals surface area contributed by atoms with Gasteiger partial charge in [0.1, 0.15) is 0 Å². The fraction of sp³-hybridized carbons (Fsp3) is 0.385. The van der Waals surface area contributed by atoms with Gasteiger partial charge in [-0.15, -0.1) is 0 Å². The van der Waals surface area contributed by atoms with Gasteiger partial charge in [-0.25, -0.2) is 0 Å². The highest BCUT2D eigenvalue weighted by atomic mass is 16.5. The number of benzene rings is 1. The van der Waals surface area contributed by atoms with E-state index in [1.807, 2.05) is 0 Å². The van der Waals surface area contributed by atoms with Crippen molar-refractivity contribution in [3.05, 3.63) is 23.8 Å². The number of hydrogen-bond donors (Lipinski definition) is 2. The molecule has 0 spiro atoms. The molecule has 2 N–H and O–H groups in total. The summed E-state index contributed by atoms with van der Waals surface area (Å²) in [6.45, 7) is 3.31. The van der Waals surface area contributed by atoms with E-state index in [1.165, 1.54) is 7.11 Å². The zero-order chi connectivity index (χ0) is 14.4. The van der Waals surface area contributed by atoms with E-state index in [2.05, 4.69) is 10.5 Å². The number of nitrogens with zero attached hydrogens (tertiary/aromatic N) is 1. The van der Waals surface area contributed by atoms with E-state index in [0.717, 1.165) is 0 Å². The second-order valence-corrected chi connectivity index (χ2v) is 3.93. The summed E-state index contributed by atoms with van der Waals surface area (Å²) in [5.41, 5.74) is 1.17. The molecule has 1 rings (SSSR count). The van der Waals surface area contributed by atoms with E-state index in [0.29, 0.717) is 22.8 Å². The first-order chi connectivity index (χ1) is 9.03. The Morgan fingerprint density at radius 1 is 1.42 bits per heavy atom. The monoisotopic (exact) mass is 266 g/mol. The van der Waals surface area contributed by atoms with Crippen LogP contribution in [0.4, 0.5) is 0 Å². The topological polar surface area (TPSA) is 80.2 Å². The SMILES string of the molecule is CNC(=O)C(C)Oc1ccc(/C(C)=N/O)cc1OC. The van der Waals surface area contributed by atoms with Gasteiger partial charge in [0.2, 0.25) is 0 Å². The van der Waals surface area contributed by atoms with Gasteiger partial charge in [-0.05, 0) is 32.0 Å². The number of amides is 1. The third-order valence-corrected chi connectivity index (χ3v) is 2.65. The van der Waals surface area contributed by atoms with Gasteiger partial charge < -0.3 is 20.0 Å². The lowest BCUT2D eigenvalue weighted by Crippen LogP contribution is -2.33. The molecule has 0 aliphatic heterocycles. The largest absolute Gasteiger partial charge is 0.493 e. The van der Waals surface area contributed by atoms with Crippen LogP contribution in [0.5, 0.6) is 11.5 Å². The molecule has 0 saturated heterocycles. The van der Waals surface area contributed by atoms with E-state index < -0.39 is 6.10 Å². The molecule has 1 aromatic rings. The highest BCUT2D eigenvalue weighted by molar-refractivity contribution is 5.98. The van der Waals surface area contributed by atoms with Crippen molar-refractivity contribution < 1.29 is 19.5 Å². The first kappa shape index (κ1) is 14.8. The highest BCUT2D eigenvalue weighted by Gasteiger charge is 2.16. The van der Waals surface area contributed by atoms with Crippen LogP contribution in [0.2, 0.25) is 0 Å². The Hall–Kier alpha value is -2.24. The van der Waals surface area contributed by atoms with Crippen LogP contribution >= 0.6 is 0 Å². The van der Waals surface area contributed by atoms with Crippen LogP contribution in [0.15, 0.2) is 23.4 Å². The lowest BCUT2D eigenvalue weighted by molar-refractivity contribution is -0.126. The van der Waals surface area contributed by atoms with E-state index in [-0.39, 0.29) is 5.91 Å². The number of rotatable bonds is 5. The predicted molar refractivity (Wildman–Crippen MR) is 71.1 cm³/mol. The van der Waals surface area contributed by atoms with Gasteiger partial charge in [0.15, 0.2) is 17.6 Å². The lowest BCUT2D eigenvalue weighted by atomic mass is 10.1. The van der Waals surface area contributed by atoms with Crippen LogP contribution in [0.1, 0.15) is 19.4 Å². The summed E-state index contributed by atoms with van der Waals surface area (Å²) >= 11 is 0. The highest BCUT2D eigenvalue weighted by Crippen LogP contribution is 2.29. The molecule has 0 fully saturated rings. The van der Waals surface area contributed by atoms with Crippen LogP contribution in [0, 0.1) is 0 Å². The molecule has 1 aromatic carbocycles. The minimum atomic E-state index is -0.627. The zero-order valence-corrected chi connectivity index (χ0v) is 11.4. The summed E-state index contributed by atoms with van der Waals surface area (Å²) in [5.74, 6) is 0.698. The Labute approximate surface area is 112 Å². The van der Waals surface area contributed by atoms with Crippen LogP contribution < -0.4 is 14.8 Å². The molecule has 6 nitrogen and oxygen atoms in total. The molecule has 104 valence electrons. The predicted octanol–water partition coefficient (Wildman–Crippen LogP) is 1.41. The molecule has 0 radical (unpaired) electrons. The number of carbonyl (C=O) groups is 1. The summed E-state index contributed by atoms with van der Waals surface area (Å²) in [4.78, 5) is 11.4. The minimum Gasteiger partial charge on any atom is -0.493 e. The van der Waals surface area contributed by atoms with E-state index >= 15 is 0 Å². The first-order valence-electron chi connectivity index (χ1n) is 5.78. The molecule has 1 atom stereocenters. The smallest absolute Gasteiger partial charge is 0.260 e. The summed E-state index contributed by atoms with van der Waals surface area (Å²) in [7, 11) is 3.05. The van der Waals surface area contributed by atoms with Crippen molar-refractivity contribution in [2.24, 2.45) is 5.16 Å². The molecule has 19 heavy (non-hydrogen) atoms. The number of methoxy groups -OCH3 is 1. The van der Waals surface area contributed by atoms with Gasteiger partial charge in [-0.1, -0.05) is 5.16 Å². The molecule has 0 aliphatic carbocycles. The number of oxime groups is 1. The molecule has 0 bridgehead atoms. The molecule has 0 saturated carbocycles. The van der Waals surface area contributed by atoms with Crippen LogP contribution in [-0.2, 0) is 4.79 Å². The van der Waals surface area contributed by atoms with Gasteiger partial charge in [0.25, 0.3) is 5.91 Å². The minimum absolute atomic E-state index is 0.223. The van der Waals surface area contributed by atoms with Crippen molar-refractivity contribution in [2.45, 2.75) is 20.0 Å². The number of nitrogens with one attached hydrogen (secondary N) is 1. The van der Waals surface area contributed by atoms with Gasteiger partial charge in [0, 0.05) is 12.6 Å². The molecule has 0 aliphatic rings. The van der Waals surface area contributed by atoms with Crippen molar-refractivity contribution >= 4 is 11.6 Å². The molecule has 1 amide bonds. The van der Waals surface area contributed by atoms with Crippen LogP contribution in [-0.4, -0.2) is 37.1 Å². The summed E-state index contributed by atoms with van der Waals surface area (Å²) < 4.78 is 10.7. The third kappa shape index (κ3) is 3.61. The second-order valence-electron chi connectivity index (χ2n) is 3.93. The molecular formula is C13H18N2O4. The maximum Gasteiger partial charge on any atom is 0.260 e. The molecule has 0 heterocycles. The van der Waals surface area contributed by atoms with Gasteiger partial charge in [-0.2, -0.15) is 0 Å². The normalized spacial score (nSPS) is 12.7. The Morgan fingerprint density at radius 3 is 2.63 bits per heavy atom. The Kier molecular flexibility index (Phi) is 5.17. The van der Waals surface area contributed by atoms with Gasteiger partial charge >= 0.3 is 0 Å². The van der Waals surface area contributed by atoms with Crippen molar-refractivity contribution in [1.29, 1.82) is 0 Å². The Balaban J connectivity index is 3.00. The third-order valence-electron chi connectivity index (χ3n) is 2.65. The lowest BCUT2D eigenvalue weighted by Gasteiger charge is -2.16. The number of ether oxygens (including phenoxy) is 2. The average Bonchev–Trinajstić information content (AvgIpc) is 2.45. The van der Waals surface area contributed by atoms with Gasteiger partial charge in [0.05, 0.1) is 12.8 Å². The van der Waals surface area contributed by atoms with E-state index in [9.17, 15) is 4.79 Å². The molecule has 6 heteroatoms. The van der Waals surface area contributed by atoms with E-state index in [1.54, 1.807) is 39.1 Å². The maximum absolute atomic E-state index is 11.4. The quantitative estimate of drug-likeness (QED) is 0.479. The maximum atomic E-state index is 11.4. The van der Waals surface area contributed by atoms with Crippen molar-refractivity contribution in [3.8, 4) is 11.5 Å². The van der Waals surface area contributed by atoms with Gasteiger partial charge in [-0.3, -0.25) is 4.79 Å². The summed E-state index contributed by atoms with van der Waals surface area (Å²) in [5, 5.41) is 14.4. The first-order valence-corrected chi connectivity index (χ1v) is 5.78. The van der Waals surface area contributed by atoms with Crippen molar-refractivity contribution in [2.75, 3.05) is 14.2 Å². The number of likely N-dealkylation sites (N-methyl/N-ethyl adjacent to an activating group) is 1. The standard InChI is InChI=1S/C13H18N2O4/c1-8(15-17)10-5-6-11(12(7-10)18-4)19-9(2)13(16)14-3/h5-7,9,17H,1-4H3,(H,14,16)/b15-8+. The summed E-state index contributed by atoms with van der Waals surface area (Å²) in [6.07, 6.45) is -0.627. The van der Waals surface area contributed by atoms with Crippen LogP contribution in [0.3, 0.4) is 0 Å². The fourth-order valence-electron chi connectivity index (χ4n) is 1.49. The second kappa shape index (κ2) is 6.63. The zero-order valence-electron chi connectivity index (χ0n) is 11.4. The Morgan fingerprint density at radius 2 is 2.11 bits per heavy atom.